The van der Waals surface area contributed by atoms with Gasteiger partial charge in [0.2, 0.25) is 0 Å². The molecule has 2 N–H and O–H groups in total. The van der Waals surface area contributed by atoms with Gasteiger partial charge in [-0.25, -0.2) is 0 Å². The Balaban J connectivity index is 2.18. The third-order valence-electron chi connectivity index (χ3n) is 2.91. The topological polar surface area (TPSA) is 46.3 Å². The van der Waals surface area contributed by atoms with E-state index in [1.54, 1.807) is 23.1 Å². The SMILES string of the molecule is NC1CCCN(C(=O)c2ccc(Cl)cc2Cl)C1. The molecule has 5 heteroatoms. The fraction of sp³-hybridized carbons (Fsp3) is 0.417. The highest BCUT2D eigenvalue weighted by molar-refractivity contribution is 6.36. The van der Waals surface area contributed by atoms with Crippen LogP contribution in [0.15, 0.2) is 18.2 Å². The van der Waals surface area contributed by atoms with Crippen LogP contribution in [0.2, 0.25) is 10.0 Å². The van der Waals surface area contributed by atoms with Gasteiger partial charge in [-0.3, -0.25) is 4.79 Å². The molecule has 1 atom stereocenters. The molecular weight excluding hydrogens is 259 g/mol. The highest BCUT2D eigenvalue weighted by atomic mass is 35.5. The molecule has 0 radical (unpaired) electrons. The second-order valence-corrected chi connectivity index (χ2v) is 5.12. The van der Waals surface area contributed by atoms with E-state index in [0.717, 1.165) is 19.4 Å². The predicted molar refractivity (Wildman–Crippen MR) is 69.6 cm³/mol. The summed E-state index contributed by atoms with van der Waals surface area (Å²) in [6.45, 7) is 1.34. The molecular formula is C12H14Cl2N2O. The van der Waals surface area contributed by atoms with E-state index in [-0.39, 0.29) is 11.9 Å². The van der Waals surface area contributed by atoms with Gasteiger partial charge in [0.05, 0.1) is 10.6 Å². The van der Waals surface area contributed by atoms with Gasteiger partial charge in [-0.2, -0.15) is 0 Å². The highest BCUT2D eigenvalue weighted by Gasteiger charge is 2.23. The fourth-order valence-corrected chi connectivity index (χ4v) is 2.52. The minimum atomic E-state index is -0.0678. The van der Waals surface area contributed by atoms with E-state index in [1.807, 2.05) is 0 Å². The van der Waals surface area contributed by atoms with E-state index in [0.29, 0.717) is 22.2 Å². The lowest BCUT2D eigenvalue weighted by atomic mass is 10.1. The zero-order valence-corrected chi connectivity index (χ0v) is 10.8. The minimum absolute atomic E-state index is 0.0678. The van der Waals surface area contributed by atoms with Crippen LogP contribution in [0.25, 0.3) is 0 Å². The average Bonchev–Trinajstić information content (AvgIpc) is 2.28. The van der Waals surface area contributed by atoms with Crippen LogP contribution in [0.1, 0.15) is 23.2 Å². The molecule has 1 aromatic rings. The highest BCUT2D eigenvalue weighted by Crippen LogP contribution is 2.23. The molecule has 92 valence electrons. The van der Waals surface area contributed by atoms with Crippen molar-refractivity contribution in [1.29, 1.82) is 0 Å². The number of nitrogens with two attached hydrogens (primary N) is 1. The Hall–Kier alpha value is -0.770. The first kappa shape index (κ1) is 12.7. The Bertz CT molecular complexity index is 437. The molecule has 1 aliphatic heterocycles. The van der Waals surface area contributed by atoms with E-state index >= 15 is 0 Å². The van der Waals surface area contributed by atoms with Gasteiger partial charge in [-0.05, 0) is 31.0 Å². The van der Waals surface area contributed by atoms with Crippen LogP contribution in [-0.4, -0.2) is 29.9 Å². The van der Waals surface area contributed by atoms with Crippen molar-refractivity contribution < 1.29 is 4.79 Å². The molecule has 1 saturated heterocycles. The predicted octanol–water partition coefficient (Wildman–Crippen LogP) is 2.56. The van der Waals surface area contributed by atoms with Crippen LogP contribution < -0.4 is 5.73 Å². The summed E-state index contributed by atoms with van der Waals surface area (Å²) >= 11 is 11.8. The van der Waals surface area contributed by atoms with Crippen LogP contribution in [-0.2, 0) is 0 Å². The van der Waals surface area contributed by atoms with Crippen LogP contribution >= 0.6 is 23.2 Å². The first-order valence-electron chi connectivity index (χ1n) is 5.58. The number of nitrogens with zero attached hydrogens (tertiary/aromatic N) is 1. The number of halogens is 2. The summed E-state index contributed by atoms with van der Waals surface area (Å²) in [5, 5.41) is 0.920. The van der Waals surface area contributed by atoms with E-state index in [2.05, 4.69) is 0 Å². The van der Waals surface area contributed by atoms with Crippen LogP contribution in [0.3, 0.4) is 0 Å². The number of hydrogen-bond donors (Lipinski definition) is 1. The number of hydrogen-bond acceptors (Lipinski definition) is 2. The Morgan fingerprint density at radius 1 is 1.41 bits per heavy atom. The number of benzene rings is 1. The van der Waals surface area contributed by atoms with Crippen molar-refractivity contribution in [3.05, 3.63) is 33.8 Å². The third-order valence-corrected chi connectivity index (χ3v) is 3.45. The maximum absolute atomic E-state index is 12.2. The van der Waals surface area contributed by atoms with Crippen LogP contribution in [0, 0.1) is 0 Å². The first-order valence-corrected chi connectivity index (χ1v) is 6.33. The monoisotopic (exact) mass is 272 g/mol. The summed E-state index contributed by atoms with van der Waals surface area (Å²) in [5.41, 5.74) is 6.35. The van der Waals surface area contributed by atoms with Crippen molar-refractivity contribution in [3.63, 3.8) is 0 Å². The van der Waals surface area contributed by atoms with Crippen molar-refractivity contribution in [2.45, 2.75) is 18.9 Å². The lowest BCUT2D eigenvalue weighted by molar-refractivity contribution is 0.0709. The molecule has 1 amide bonds. The Morgan fingerprint density at radius 2 is 2.18 bits per heavy atom. The zero-order chi connectivity index (χ0) is 12.4. The molecule has 0 spiro atoms. The van der Waals surface area contributed by atoms with Gasteiger partial charge in [-0.1, -0.05) is 23.2 Å². The molecule has 0 aromatic heterocycles. The summed E-state index contributed by atoms with van der Waals surface area (Å²) in [5.74, 6) is -0.0678. The van der Waals surface area contributed by atoms with Gasteiger partial charge in [0.15, 0.2) is 0 Å². The van der Waals surface area contributed by atoms with Gasteiger partial charge >= 0.3 is 0 Å². The Kier molecular flexibility index (Phi) is 3.92. The molecule has 1 heterocycles. The summed E-state index contributed by atoms with van der Waals surface area (Å²) in [7, 11) is 0. The molecule has 0 aliphatic carbocycles. The Labute approximate surface area is 110 Å². The smallest absolute Gasteiger partial charge is 0.255 e. The maximum Gasteiger partial charge on any atom is 0.255 e. The Morgan fingerprint density at radius 3 is 2.82 bits per heavy atom. The van der Waals surface area contributed by atoms with Gasteiger partial charge < -0.3 is 10.6 Å². The number of rotatable bonds is 1. The molecule has 1 aliphatic rings. The van der Waals surface area contributed by atoms with Gasteiger partial charge in [0.25, 0.3) is 5.91 Å². The lowest BCUT2D eigenvalue weighted by Gasteiger charge is -2.31. The first-order chi connectivity index (χ1) is 8.08. The molecule has 2 rings (SSSR count). The second-order valence-electron chi connectivity index (χ2n) is 4.28. The third kappa shape index (κ3) is 2.92. The van der Waals surface area contributed by atoms with E-state index < -0.39 is 0 Å². The summed E-state index contributed by atoms with van der Waals surface area (Å²) in [4.78, 5) is 14.0. The lowest BCUT2D eigenvalue weighted by Crippen LogP contribution is -2.45. The standard InChI is InChI=1S/C12H14Cl2N2O/c13-8-3-4-10(11(14)6-8)12(17)16-5-1-2-9(15)7-16/h3-4,6,9H,1-2,5,7,15H2. The fourth-order valence-electron chi connectivity index (χ4n) is 2.03. The molecule has 1 unspecified atom stereocenters. The average molecular weight is 273 g/mol. The largest absolute Gasteiger partial charge is 0.337 e. The van der Waals surface area contributed by atoms with E-state index in [4.69, 9.17) is 28.9 Å². The zero-order valence-electron chi connectivity index (χ0n) is 9.33. The van der Waals surface area contributed by atoms with Crippen molar-refractivity contribution in [2.75, 3.05) is 13.1 Å². The summed E-state index contributed by atoms with van der Waals surface area (Å²) in [6, 6.07) is 4.98. The normalized spacial score (nSPS) is 20.4. The van der Waals surface area contributed by atoms with Gasteiger partial charge in [-0.15, -0.1) is 0 Å². The minimum Gasteiger partial charge on any atom is -0.337 e. The molecule has 17 heavy (non-hydrogen) atoms. The van der Waals surface area contributed by atoms with Crippen LogP contribution in [0.4, 0.5) is 0 Å². The number of piperidine rings is 1. The van der Waals surface area contributed by atoms with Crippen molar-refractivity contribution in [3.8, 4) is 0 Å². The van der Waals surface area contributed by atoms with Crippen molar-refractivity contribution in [1.82, 2.24) is 4.90 Å². The second kappa shape index (κ2) is 5.25. The number of likely N-dealkylation sites (tertiary alicyclic amines) is 1. The van der Waals surface area contributed by atoms with Gasteiger partial charge in [0.1, 0.15) is 0 Å². The van der Waals surface area contributed by atoms with Gasteiger partial charge in [0, 0.05) is 24.2 Å². The molecule has 0 bridgehead atoms. The maximum atomic E-state index is 12.2. The molecule has 3 nitrogen and oxygen atoms in total. The van der Waals surface area contributed by atoms with Crippen LogP contribution in [0.5, 0.6) is 0 Å². The summed E-state index contributed by atoms with van der Waals surface area (Å²) < 4.78 is 0. The number of carbonyl (C=O) groups excluding carboxylic acids is 1. The molecule has 0 saturated carbocycles. The molecule has 1 fully saturated rings. The summed E-state index contributed by atoms with van der Waals surface area (Å²) in [6.07, 6.45) is 1.91. The number of amides is 1. The number of carbonyl (C=O) groups is 1. The molecule has 1 aromatic carbocycles. The van der Waals surface area contributed by atoms with Crippen molar-refractivity contribution in [2.24, 2.45) is 5.73 Å². The van der Waals surface area contributed by atoms with E-state index in [1.165, 1.54) is 0 Å². The van der Waals surface area contributed by atoms with E-state index in [9.17, 15) is 4.79 Å². The quantitative estimate of drug-likeness (QED) is 0.854. The van der Waals surface area contributed by atoms with Crippen molar-refractivity contribution >= 4 is 29.1 Å².